The van der Waals surface area contributed by atoms with Crippen LogP contribution in [0.25, 0.3) is 0 Å². The van der Waals surface area contributed by atoms with E-state index in [1.807, 2.05) is 0 Å². The van der Waals surface area contributed by atoms with Gasteiger partial charge in [-0.05, 0) is 24.3 Å². The highest BCUT2D eigenvalue weighted by molar-refractivity contribution is 7.94. The number of piperazine rings is 1. The van der Waals surface area contributed by atoms with Gasteiger partial charge >= 0.3 is 0 Å². The van der Waals surface area contributed by atoms with Crippen LogP contribution < -0.4 is 0 Å². The van der Waals surface area contributed by atoms with Gasteiger partial charge in [0.1, 0.15) is 5.82 Å². The third kappa shape index (κ3) is 4.13. The molecular formula is C16H19FN2O5S2. The van der Waals surface area contributed by atoms with E-state index in [0.29, 0.717) is 0 Å². The monoisotopic (exact) mass is 402 g/mol. The van der Waals surface area contributed by atoms with E-state index in [4.69, 9.17) is 0 Å². The second kappa shape index (κ2) is 7.09. The van der Waals surface area contributed by atoms with Crippen molar-refractivity contribution in [2.75, 3.05) is 31.9 Å². The summed E-state index contributed by atoms with van der Waals surface area (Å²) in [7, 11) is -6.93. The molecule has 0 aliphatic carbocycles. The van der Waals surface area contributed by atoms with Gasteiger partial charge in [0.25, 0.3) is 0 Å². The van der Waals surface area contributed by atoms with Gasteiger partial charge in [0.2, 0.25) is 15.9 Å². The minimum atomic E-state index is -3.73. The SMILES string of the molecule is O=C(C[C@H]1C=CS(=O)(=O)C1)N1CCN(S(=O)(=O)c2ccc(F)cc2)CC1. The zero-order chi connectivity index (χ0) is 18.9. The maximum atomic E-state index is 13.0. The van der Waals surface area contributed by atoms with Crippen LogP contribution in [0.1, 0.15) is 6.42 Å². The molecule has 142 valence electrons. The Hall–Kier alpha value is -1.78. The van der Waals surface area contributed by atoms with Crippen LogP contribution in [0.2, 0.25) is 0 Å². The first-order valence-electron chi connectivity index (χ1n) is 8.12. The lowest BCUT2D eigenvalue weighted by atomic mass is 10.1. The summed E-state index contributed by atoms with van der Waals surface area (Å²) in [5, 5.41) is 1.14. The minimum Gasteiger partial charge on any atom is -0.340 e. The number of amides is 1. The van der Waals surface area contributed by atoms with Crippen LogP contribution in [0.3, 0.4) is 0 Å². The molecule has 10 heteroatoms. The van der Waals surface area contributed by atoms with E-state index in [2.05, 4.69) is 0 Å². The number of hydrogen-bond donors (Lipinski definition) is 0. The number of sulfonamides is 1. The highest BCUT2D eigenvalue weighted by Gasteiger charge is 2.31. The minimum absolute atomic E-state index is 0.0139. The fraction of sp³-hybridized carbons (Fsp3) is 0.438. The van der Waals surface area contributed by atoms with E-state index in [0.717, 1.165) is 17.5 Å². The lowest BCUT2D eigenvalue weighted by Crippen LogP contribution is -2.50. The first-order valence-corrected chi connectivity index (χ1v) is 11.3. The Morgan fingerprint density at radius 1 is 1.12 bits per heavy atom. The zero-order valence-electron chi connectivity index (χ0n) is 13.9. The van der Waals surface area contributed by atoms with Crippen LogP contribution in [0.15, 0.2) is 40.6 Å². The summed E-state index contributed by atoms with van der Waals surface area (Å²) >= 11 is 0. The van der Waals surface area contributed by atoms with E-state index >= 15 is 0 Å². The number of hydrogen-bond acceptors (Lipinski definition) is 5. The summed E-state index contributed by atoms with van der Waals surface area (Å²) in [6, 6.07) is 4.62. The molecule has 0 aromatic heterocycles. The van der Waals surface area contributed by atoms with Crippen LogP contribution in [-0.4, -0.2) is 63.9 Å². The van der Waals surface area contributed by atoms with Gasteiger partial charge in [-0.3, -0.25) is 4.79 Å². The van der Waals surface area contributed by atoms with Crippen LogP contribution in [0.4, 0.5) is 4.39 Å². The van der Waals surface area contributed by atoms with E-state index in [9.17, 15) is 26.0 Å². The molecule has 0 radical (unpaired) electrons. The predicted octanol–water partition coefficient (Wildman–Crippen LogP) is 0.607. The van der Waals surface area contributed by atoms with Crippen molar-refractivity contribution in [3.8, 4) is 0 Å². The van der Waals surface area contributed by atoms with Gasteiger partial charge in [-0.1, -0.05) is 6.08 Å². The molecule has 1 fully saturated rings. The van der Waals surface area contributed by atoms with Crippen molar-refractivity contribution < 1.29 is 26.0 Å². The highest BCUT2D eigenvalue weighted by Crippen LogP contribution is 2.21. The second-order valence-electron chi connectivity index (χ2n) is 6.36. The Morgan fingerprint density at radius 2 is 1.73 bits per heavy atom. The van der Waals surface area contributed by atoms with Gasteiger partial charge < -0.3 is 4.90 Å². The van der Waals surface area contributed by atoms with Gasteiger partial charge in [-0.25, -0.2) is 21.2 Å². The molecule has 0 unspecified atom stereocenters. The van der Waals surface area contributed by atoms with Crippen molar-refractivity contribution in [2.24, 2.45) is 5.92 Å². The molecule has 3 rings (SSSR count). The number of rotatable bonds is 4. The zero-order valence-corrected chi connectivity index (χ0v) is 15.5. The summed E-state index contributed by atoms with van der Waals surface area (Å²) < 4.78 is 62.1. The van der Waals surface area contributed by atoms with Crippen molar-refractivity contribution in [1.82, 2.24) is 9.21 Å². The average molecular weight is 402 g/mol. The standard InChI is InChI=1S/C16H19FN2O5S2/c17-14-1-3-15(4-2-14)26(23,24)19-8-6-18(7-9-19)16(20)11-13-5-10-25(21,22)12-13/h1-5,10,13H,6-9,11-12H2/t13-/m1/s1. The molecule has 7 nitrogen and oxygen atoms in total. The largest absolute Gasteiger partial charge is 0.340 e. The predicted molar refractivity (Wildman–Crippen MR) is 92.8 cm³/mol. The number of allylic oxidation sites excluding steroid dienone is 1. The maximum absolute atomic E-state index is 13.0. The quantitative estimate of drug-likeness (QED) is 0.736. The first kappa shape index (κ1) is 19.0. The van der Waals surface area contributed by atoms with Crippen LogP contribution in [0, 0.1) is 11.7 Å². The third-order valence-corrected chi connectivity index (χ3v) is 7.86. The Morgan fingerprint density at radius 3 is 2.27 bits per heavy atom. The molecule has 1 aromatic carbocycles. The van der Waals surface area contributed by atoms with Crippen LogP contribution in [0.5, 0.6) is 0 Å². The molecule has 1 atom stereocenters. The fourth-order valence-corrected chi connectivity index (χ4v) is 5.87. The van der Waals surface area contributed by atoms with Crippen molar-refractivity contribution >= 4 is 25.8 Å². The number of sulfone groups is 1. The van der Waals surface area contributed by atoms with E-state index < -0.39 is 25.7 Å². The Labute approximate surface area is 152 Å². The molecule has 2 aliphatic rings. The normalized spacial score (nSPS) is 23.3. The fourth-order valence-electron chi connectivity index (χ4n) is 3.05. The molecule has 0 spiro atoms. The Bertz CT molecular complexity index is 918. The topological polar surface area (TPSA) is 91.8 Å². The van der Waals surface area contributed by atoms with Gasteiger partial charge in [0, 0.05) is 43.9 Å². The summed E-state index contributed by atoms with van der Waals surface area (Å²) in [6.07, 6.45) is 1.63. The lowest BCUT2D eigenvalue weighted by molar-refractivity contribution is -0.132. The molecular weight excluding hydrogens is 383 g/mol. The molecule has 2 heterocycles. The molecule has 0 N–H and O–H groups in total. The van der Waals surface area contributed by atoms with E-state index in [1.54, 1.807) is 4.90 Å². The number of nitrogens with zero attached hydrogens (tertiary/aromatic N) is 2. The summed E-state index contributed by atoms with van der Waals surface area (Å²) in [6.45, 7) is 0.763. The summed E-state index contributed by atoms with van der Waals surface area (Å²) in [5.41, 5.74) is 0. The van der Waals surface area contributed by atoms with Crippen molar-refractivity contribution in [2.45, 2.75) is 11.3 Å². The van der Waals surface area contributed by atoms with Crippen LogP contribution in [-0.2, 0) is 24.7 Å². The molecule has 0 saturated carbocycles. The second-order valence-corrected chi connectivity index (χ2v) is 10.2. The molecule has 0 bridgehead atoms. The van der Waals surface area contributed by atoms with E-state index in [-0.39, 0.29) is 55.1 Å². The van der Waals surface area contributed by atoms with Crippen molar-refractivity contribution in [3.63, 3.8) is 0 Å². The van der Waals surface area contributed by atoms with Crippen molar-refractivity contribution in [3.05, 3.63) is 41.6 Å². The molecule has 1 amide bonds. The lowest BCUT2D eigenvalue weighted by Gasteiger charge is -2.34. The number of carbonyl (C=O) groups is 1. The smallest absolute Gasteiger partial charge is 0.243 e. The molecule has 1 aromatic rings. The first-order chi connectivity index (χ1) is 12.2. The molecule has 1 saturated heterocycles. The molecule has 26 heavy (non-hydrogen) atoms. The van der Waals surface area contributed by atoms with E-state index in [1.165, 1.54) is 22.5 Å². The van der Waals surface area contributed by atoms with Gasteiger partial charge in [0.15, 0.2) is 9.84 Å². The number of carbonyl (C=O) groups excluding carboxylic acids is 1. The Kier molecular flexibility index (Phi) is 5.18. The third-order valence-electron chi connectivity index (χ3n) is 4.48. The van der Waals surface area contributed by atoms with Gasteiger partial charge in [0.05, 0.1) is 10.6 Å². The Balaban J connectivity index is 1.58. The van der Waals surface area contributed by atoms with Gasteiger partial charge in [-0.2, -0.15) is 4.31 Å². The van der Waals surface area contributed by atoms with Crippen LogP contribution >= 0.6 is 0 Å². The van der Waals surface area contributed by atoms with Crippen molar-refractivity contribution in [1.29, 1.82) is 0 Å². The maximum Gasteiger partial charge on any atom is 0.243 e. The number of halogens is 1. The summed E-state index contributed by atoms with van der Waals surface area (Å²) in [5.74, 6) is -1.08. The number of benzene rings is 1. The molecule has 2 aliphatic heterocycles. The summed E-state index contributed by atoms with van der Waals surface area (Å²) in [4.78, 5) is 13.9. The average Bonchev–Trinajstić information content (AvgIpc) is 2.94. The van der Waals surface area contributed by atoms with Gasteiger partial charge in [-0.15, -0.1) is 0 Å². The highest BCUT2D eigenvalue weighted by atomic mass is 32.2.